The summed E-state index contributed by atoms with van der Waals surface area (Å²) >= 11 is 0. The number of Topliss-reactive ketones (excluding diaryl/α,β-unsaturated/α-hetero) is 1. The van der Waals surface area contributed by atoms with E-state index in [0.29, 0.717) is 24.4 Å². The lowest BCUT2D eigenvalue weighted by atomic mass is 9.89. The Hall–Kier alpha value is -2.66. The smallest absolute Gasteiger partial charge is 0.264 e. The highest BCUT2D eigenvalue weighted by atomic mass is 16.5. The highest BCUT2D eigenvalue weighted by Gasteiger charge is 2.50. The fraction of sp³-hybridized carbons (Fsp3) is 0.417. The van der Waals surface area contributed by atoms with Gasteiger partial charge in [0.2, 0.25) is 0 Å². The summed E-state index contributed by atoms with van der Waals surface area (Å²) in [6.07, 6.45) is 3.12. The van der Waals surface area contributed by atoms with Gasteiger partial charge in [-0.05, 0) is 44.0 Å². The van der Waals surface area contributed by atoms with Crippen molar-refractivity contribution < 1.29 is 19.4 Å². The molecule has 1 heterocycles. The maximum atomic E-state index is 13.1. The highest BCUT2D eigenvalue weighted by Crippen LogP contribution is 2.43. The quantitative estimate of drug-likeness (QED) is 0.644. The van der Waals surface area contributed by atoms with Gasteiger partial charge in [-0.1, -0.05) is 49.6 Å². The molecule has 0 bridgehead atoms. The van der Waals surface area contributed by atoms with Crippen molar-refractivity contribution in [3.63, 3.8) is 0 Å². The van der Waals surface area contributed by atoms with Gasteiger partial charge < -0.3 is 14.7 Å². The van der Waals surface area contributed by atoms with E-state index in [1.54, 1.807) is 11.0 Å². The molecule has 2 aromatic rings. The van der Waals surface area contributed by atoms with E-state index in [2.05, 4.69) is 6.92 Å². The number of aliphatic hydroxyl groups is 1. The molecule has 1 aliphatic heterocycles. The van der Waals surface area contributed by atoms with E-state index in [1.807, 2.05) is 43.3 Å². The average Bonchev–Trinajstić information content (AvgIpc) is 2.87. The lowest BCUT2D eigenvalue weighted by molar-refractivity contribution is -0.141. The maximum absolute atomic E-state index is 13.1. The summed E-state index contributed by atoms with van der Waals surface area (Å²) < 4.78 is 5.74. The molecule has 0 aliphatic carbocycles. The number of ether oxygens (including phenoxy) is 1. The van der Waals surface area contributed by atoms with Crippen molar-refractivity contribution in [1.82, 2.24) is 0 Å². The van der Waals surface area contributed by atoms with Gasteiger partial charge in [0.1, 0.15) is 11.5 Å². The van der Waals surface area contributed by atoms with E-state index in [4.69, 9.17) is 4.74 Å². The van der Waals surface area contributed by atoms with Crippen LogP contribution in [-0.2, 0) is 21.7 Å². The minimum absolute atomic E-state index is 0.219. The SMILES string of the molecule is CCCCCOc1ccc(CN2C(=O)C(O)(CC(C)=O)c3cc(C)ccc32)cc1. The molecular weight excluding hydrogens is 366 g/mol. The largest absolute Gasteiger partial charge is 0.494 e. The van der Waals surface area contributed by atoms with Crippen molar-refractivity contribution >= 4 is 17.4 Å². The number of hydrogen-bond donors (Lipinski definition) is 1. The molecule has 5 heteroatoms. The molecule has 1 N–H and O–H groups in total. The molecule has 5 nitrogen and oxygen atoms in total. The maximum Gasteiger partial charge on any atom is 0.264 e. The van der Waals surface area contributed by atoms with Crippen LogP contribution in [0, 0.1) is 6.92 Å². The van der Waals surface area contributed by atoms with Crippen molar-refractivity contribution in [3.8, 4) is 5.75 Å². The number of hydrogen-bond acceptors (Lipinski definition) is 4. The van der Waals surface area contributed by atoms with Crippen LogP contribution in [0.5, 0.6) is 5.75 Å². The van der Waals surface area contributed by atoms with Crippen LogP contribution >= 0.6 is 0 Å². The van der Waals surface area contributed by atoms with Crippen molar-refractivity contribution in [3.05, 3.63) is 59.2 Å². The Balaban J connectivity index is 1.79. The van der Waals surface area contributed by atoms with Gasteiger partial charge in [-0.25, -0.2) is 0 Å². The Morgan fingerprint density at radius 1 is 1.14 bits per heavy atom. The molecule has 154 valence electrons. The summed E-state index contributed by atoms with van der Waals surface area (Å²) in [6.45, 7) is 6.47. The summed E-state index contributed by atoms with van der Waals surface area (Å²) in [7, 11) is 0. The number of rotatable bonds is 9. The molecule has 1 amide bonds. The normalized spacial score (nSPS) is 18.1. The zero-order valence-electron chi connectivity index (χ0n) is 17.4. The number of carbonyl (C=O) groups excluding carboxylic acids is 2. The molecule has 0 saturated carbocycles. The van der Waals surface area contributed by atoms with E-state index in [1.165, 1.54) is 6.92 Å². The van der Waals surface area contributed by atoms with Crippen LogP contribution in [0.2, 0.25) is 0 Å². The van der Waals surface area contributed by atoms with Crippen LogP contribution < -0.4 is 9.64 Å². The highest BCUT2D eigenvalue weighted by molar-refractivity contribution is 6.08. The van der Waals surface area contributed by atoms with Crippen molar-refractivity contribution in [2.45, 2.75) is 58.6 Å². The molecule has 1 atom stereocenters. The monoisotopic (exact) mass is 395 g/mol. The number of unbranched alkanes of at least 4 members (excludes halogenated alkanes) is 2. The fourth-order valence-corrected chi connectivity index (χ4v) is 3.77. The summed E-state index contributed by atoms with van der Waals surface area (Å²) in [4.78, 5) is 26.4. The third-order valence-electron chi connectivity index (χ3n) is 5.27. The van der Waals surface area contributed by atoms with E-state index in [-0.39, 0.29) is 12.2 Å². The first kappa shape index (κ1) is 21.1. The third-order valence-corrected chi connectivity index (χ3v) is 5.27. The van der Waals surface area contributed by atoms with Gasteiger partial charge in [-0.3, -0.25) is 9.59 Å². The Labute approximate surface area is 172 Å². The molecular formula is C24H29NO4. The summed E-state index contributed by atoms with van der Waals surface area (Å²) in [6, 6.07) is 13.2. The van der Waals surface area contributed by atoms with Crippen molar-refractivity contribution in [2.75, 3.05) is 11.5 Å². The zero-order valence-corrected chi connectivity index (χ0v) is 17.4. The minimum Gasteiger partial charge on any atom is -0.494 e. The van der Waals surface area contributed by atoms with Crippen molar-refractivity contribution in [1.29, 1.82) is 0 Å². The zero-order chi connectivity index (χ0) is 21.0. The van der Waals surface area contributed by atoms with Crippen LogP contribution in [0.4, 0.5) is 5.69 Å². The number of aryl methyl sites for hydroxylation is 1. The van der Waals surface area contributed by atoms with Crippen LogP contribution in [-0.4, -0.2) is 23.4 Å². The van der Waals surface area contributed by atoms with Gasteiger partial charge in [0.25, 0.3) is 5.91 Å². The van der Waals surface area contributed by atoms with Gasteiger partial charge in [0.15, 0.2) is 5.60 Å². The van der Waals surface area contributed by atoms with Gasteiger partial charge >= 0.3 is 0 Å². The second kappa shape index (κ2) is 8.78. The molecule has 0 fully saturated rings. The molecule has 3 rings (SSSR count). The van der Waals surface area contributed by atoms with Gasteiger partial charge in [0.05, 0.1) is 18.8 Å². The molecule has 0 spiro atoms. The molecule has 0 aromatic heterocycles. The molecule has 0 radical (unpaired) electrons. The summed E-state index contributed by atoms with van der Waals surface area (Å²) in [5.74, 6) is 0.134. The van der Waals surface area contributed by atoms with E-state index >= 15 is 0 Å². The number of anilines is 1. The van der Waals surface area contributed by atoms with Gasteiger partial charge in [-0.15, -0.1) is 0 Å². The lowest BCUT2D eigenvalue weighted by Gasteiger charge is -2.22. The number of carbonyl (C=O) groups is 2. The molecule has 1 aliphatic rings. The van der Waals surface area contributed by atoms with E-state index in [0.717, 1.165) is 36.1 Å². The second-order valence-electron chi connectivity index (χ2n) is 7.85. The summed E-state index contributed by atoms with van der Waals surface area (Å²) in [5, 5.41) is 11.1. The molecule has 29 heavy (non-hydrogen) atoms. The van der Waals surface area contributed by atoms with Gasteiger partial charge in [-0.2, -0.15) is 0 Å². The number of ketones is 1. The Morgan fingerprint density at radius 2 is 1.86 bits per heavy atom. The first-order valence-electron chi connectivity index (χ1n) is 10.2. The van der Waals surface area contributed by atoms with E-state index < -0.39 is 11.5 Å². The summed E-state index contributed by atoms with van der Waals surface area (Å²) in [5.41, 5.74) is 1.23. The first-order valence-corrected chi connectivity index (χ1v) is 10.2. The number of amides is 1. The standard InChI is InChI=1S/C24H29NO4/c1-4-5-6-13-29-20-10-8-19(9-11-20)16-25-22-12-7-17(2)14-21(22)24(28,23(25)27)15-18(3)26/h7-12,14,28H,4-6,13,15-16H2,1-3H3. The number of nitrogens with zero attached hydrogens (tertiary/aromatic N) is 1. The van der Waals surface area contributed by atoms with Crippen LogP contribution in [0.1, 0.15) is 56.2 Å². The first-order chi connectivity index (χ1) is 13.8. The number of fused-ring (bicyclic) bond motifs is 1. The Kier molecular flexibility index (Phi) is 6.38. The van der Waals surface area contributed by atoms with E-state index in [9.17, 15) is 14.7 Å². The Morgan fingerprint density at radius 3 is 2.52 bits per heavy atom. The number of benzene rings is 2. The van der Waals surface area contributed by atoms with Crippen LogP contribution in [0.3, 0.4) is 0 Å². The lowest BCUT2D eigenvalue weighted by Crippen LogP contribution is -2.41. The average molecular weight is 395 g/mol. The Bertz CT molecular complexity index is 890. The topological polar surface area (TPSA) is 66.8 Å². The third kappa shape index (κ3) is 4.51. The predicted octanol–water partition coefficient (Wildman–Crippen LogP) is 4.28. The van der Waals surface area contributed by atoms with Crippen molar-refractivity contribution in [2.24, 2.45) is 0 Å². The predicted molar refractivity (Wildman–Crippen MR) is 113 cm³/mol. The molecule has 2 aromatic carbocycles. The van der Waals surface area contributed by atoms with Gasteiger partial charge in [0, 0.05) is 12.0 Å². The van der Waals surface area contributed by atoms with Crippen LogP contribution in [0.25, 0.3) is 0 Å². The molecule has 0 saturated heterocycles. The van der Waals surface area contributed by atoms with Crippen LogP contribution in [0.15, 0.2) is 42.5 Å². The molecule has 1 unspecified atom stereocenters. The minimum atomic E-state index is -1.80. The fourth-order valence-electron chi connectivity index (χ4n) is 3.77. The second-order valence-corrected chi connectivity index (χ2v) is 7.85.